The Balaban J connectivity index is 1.66. The highest BCUT2D eigenvalue weighted by atomic mass is 32.1. The molecular weight excluding hydrogens is 348 g/mol. The minimum atomic E-state index is -1.01. The van der Waals surface area contributed by atoms with Gasteiger partial charge in [-0.1, -0.05) is 36.4 Å². The molecule has 0 unspecified atom stereocenters. The van der Waals surface area contributed by atoms with Gasteiger partial charge in [-0.2, -0.15) is 0 Å². The normalized spacial score (nSPS) is 11.5. The van der Waals surface area contributed by atoms with Crippen molar-refractivity contribution in [2.75, 3.05) is 6.54 Å². The minimum Gasteiger partial charge on any atom is -0.443 e. The van der Waals surface area contributed by atoms with Crippen molar-refractivity contribution < 1.29 is 14.3 Å². The first kappa shape index (κ1) is 17.8. The zero-order chi connectivity index (χ0) is 18.2. The van der Waals surface area contributed by atoms with Gasteiger partial charge in [0.05, 0.1) is 0 Å². The monoisotopic (exact) mass is 366 g/mol. The van der Waals surface area contributed by atoms with E-state index in [0.717, 1.165) is 5.56 Å². The lowest BCUT2D eigenvalue weighted by molar-refractivity contribution is -0.130. The average Bonchev–Trinajstić information content (AvgIpc) is 3.22. The van der Waals surface area contributed by atoms with Crippen LogP contribution in [0.4, 0.5) is 0 Å². The SMILES string of the molecule is O=C(O[C@@H](C(=O)NCCc1ccccc1)c1ccncc1)c1cccs1. The number of hydrogen-bond acceptors (Lipinski definition) is 5. The number of benzene rings is 1. The lowest BCUT2D eigenvalue weighted by Gasteiger charge is -2.17. The summed E-state index contributed by atoms with van der Waals surface area (Å²) in [6.45, 7) is 0.459. The summed E-state index contributed by atoms with van der Waals surface area (Å²) in [5.74, 6) is -0.864. The Morgan fingerprint density at radius 2 is 1.81 bits per heavy atom. The molecule has 1 N–H and O–H groups in total. The Morgan fingerprint density at radius 1 is 1.04 bits per heavy atom. The van der Waals surface area contributed by atoms with E-state index >= 15 is 0 Å². The summed E-state index contributed by atoms with van der Waals surface area (Å²) >= 11 is 1.28. The highest BCUT2D eigenvalue weighted by Crippen LogP contribution is 2.20. The van der Waals surface area contributed by atoms with Crippen LogP contribution in [0.5, 0.6) is 0 Å². The summed E-state index contributed by atoms with van der Waals surface area (Å²) < 4.78 is 5.48. The van der Waals surface area contributed by atoms with Crippen LogP contribution in [-0.2, 0) is 16.0 Å². The van der Waals surface area contributed by atoms with Gasteiger partial charge in [0.15, 0.2) is 0 Å². The molecule has 0 fully saturated rings. The molecule has 132 valence electrons. The molecule has 1 atom stereocenters. The zero-order valence-corrected chi connectivity index (χ0v) is 14.8. The Bertz CT molecular complexity index is 836. The summed E-state index contributed by atoms with van der Waals surface area (Å²) in [6.07, 6.45) is 2.83. The number of hydrogen-bond donors (Lipinski definition) is 1. The van der Waals surface area contributed by atoms with Crippen molar-refractivity contribution in [3.63, 3.8) is 0 Å². The molecule has 26 heavy (non-hydrogen) atoms. The van der Waals surface area contributed by atoms with Gasteiger partial charge in [-0.15, -0.1) is 11.3 Å². The fraction of sp³-hybridized carbons (Fsp3) is 0.150. The Kier molecular flexibility index (Phi) is 6.11. The van der Waals surface area contributed by atoms with Gasteiger partial charge in [-0.3, -0.25) is 9.78 Å². The van der Waals surface area contributed by atoms with Crippen LogP contribution in [0, 0.1) is 0 Å². The molecule has 6 heteroatoms. The van der Waals surface area contributed by atoms with E-state index in [4.69, 9.17) is 4.74 Å². The molecule has 1 aromatic carbocycles. The Morgan fingerprint density at radius 3 is 2.50 bits per heavy atom. The van der Waals surface area contributed by atoms with Gasteiger partial charge < -0.3 is 10.1 Å². The molecule has 2 heterocycles. The van der Waals surface area contributed by atoms with Crippen molar-refractivity contribution >= 4 is 23.2 Å². The topological polar surface area (TPSA) is 68.3 Å². The highest BCUT2D eigenvalue weighted by Gasteiger charge is 2.25. The average molecular weight is 366 g/mol. The van der Waals surface area contributed by atoms with Gasteiger partial charge in [-0.25, -0.2) is 4.79 Å². The van der Waals surface area contributed by atoms with Crippen LogP contribution in [0.1, 0.15) is 26.9 Å². The molecule has 0 aliphatic carbocycles. The Labute approximate surface area is 155 Å². The molecular formula is C20H18N2O3S. The van der Waals surface area contributed by atoms with Gasteiger partial charge in [0.25, 0.3) is 5.91 Å². The van der Waals surface area contributed by atoms with Crippen LogP contribution in [0.25, 0.3) is 0 Å². The third-order valence-electron chi connectivity index (χ3n) is 3.75. The second kappa shape index (κ2) is 8.92. The largest absolute Gasteiger partial charge is 0.443 e. The summed E-state index contributed by atoms with van der Waals surface area (Å²) in [5, 5.41) is 4.64. The van der Waals surface area contributed by atoms with Crippen LogP contribution in [0.15, 0.2) is 72.4 Å². The van der Waals surface area contributed by atoms with Crippen molar-refractivity contribution in [3.8, 4) is 0 Å². The number of rotatable bonds is 7. The Hall–Kier alpha value is -2.99. The van der Waals surface area contributed by atoms with Crippen LogP contribution in [-0.4, -0.2) is 23.4 Å². The minimum absolute atomic E-state index is 0.350. The van der Waals surface area contributed by atoms with Crippen molar-refractivity contribution in [2.24, 2.45) is 0 Å². The van der Waals surface area contributed by atoms with E-state index in [-0.39, 0.29) is 5.91 Å². The molecule has 3 aromatic rings. The molecule has 0 radical (unpaired) electrons. The number of esters is 1. The molecule has 0 saturated carbocycles. The maximum absolute atomic E-state index is 12.6. The summed E-state index contributed by atoms with van der Waals surface area (Å²) in [5.41, 5.74) is 1.71. The fourth-order valence-electron chi connectivity index (χ4n) is 2.44. The summed E-state index contributed by atoms with van der Waals surface area (Å²) in [6, 6.07) is 16.6. The van der Waals surface area contributed by atoms with Crippen LogP contribution in [0.3, 0.4) is 0 Å². The molecule has 1 amide bonds. The van der Waals surface area contributed by atoms with E-state index < -0.39 is 12.1 Å². The van der Waals surface area contributed by atoms with E-state index in [2.05, 4.69) is 10.3 Å². The maximum Gasteiger partial charge on any atom is 0.349 e. The lowest BCUT2D eigenvalue weighted by atomic mass is 10.1. The molecule has 0 aliphatic heterocycles. The second-order valence-corrected chi connectivity index (χ2v) is 6.52. The van der Waals surface area contributed by atoms with Gasteiger partial charge in [0.1, 0.15) is 4.88 Å². The predicted molar refractivity (Wildman–Crippen MR) is 99.9 cm³/mol. The van der Waals surface area contributed by atoms with E-state index in [1.165, 1.54) is 11.3 Å². The van der Waals surface area contributed by atoms with Crippen LogP contribution in [0.2, 0.25) is 0 Å². The van der Waals surface area contributed by atoms with E-state index in [1.54, 1.807) is 42.0 Å². The number of aromatic nitrogens is 1. The lowest BCUT2D eigenvalue weighted by Crippen LogP contribution is -2.33. The number of amides is 1. The first-order valence-electron chi connectivity index (χ1n) is 8.20. The van der Waals surface area contributed by atoms with Gasteiger partial charge in [0.2, 0.25) is 6.10 Å². The predicted octanol–water partition coefficient (Wildman–Crippen LogP) is 3.40. The number of carbonyl (C=O) groups excluding carboxylic acids is 2. The van der Waals surface area contributed by atoms with E-state index in [9.17, 15) is 9.59 Å². The fourth-order valence-corrected chi connectivity index (χ4v) is 3.04. The number of pyridine rings is 1. The first-order chi connectivity index (χ1) is 12.7. The van der Waals surface area contributed by atoms with Crippen molar-refractivity contribution in [3.05, 3.63) is 88.4 Å². The van der Waals surface area contributed by atoms with Crippen molar-refractivity contribution in [1.82, 2.24) is 10.3 Å². The second-order valence-electron chi connectivity index (χ2n) is 5.57. The summed E-state index contributed by atoms with van der Waals surface area (Å²) in [4.78, 5) is 29.3. The molecule has 0 aliphatic rings. The number of ether oxygens (including phenoxy) is 1. The number of thiophene rings is 1. The van der Waals surface area contributed by atoms with E-state index in [1.807, 2.05) is 30.3 Å². The standard InChI is InChI=1S/C20H18N2O3S/c23-19(22-13-8-15-5-2-1-3-6-15)18(16-9-11-21-12-10-16)25-20(24)17-7-4-14-26-17/h1-7,9-12,14,18H,8,13H2,(H,22,23)/t18-/m1/s1. The van der Waals surface area contributed by atoms with Crippen LogP contribution < -0.4 is 5.32 Å². The van der Waals surface area contributed by atoms with Gasteiger partial charge in [-0.05, 0) is 35.6 Å². The third-order valence-corrected chi connectivity index (χ3v) is 4.60. The number of carbonyl (C=O) groups is 2. The number of nitrogens with one attached hydrogen (secondary N) is 1. The molecule has 3 rings (SSSR count). The molecule has 0 bridgehead atoms. The third kappa shape index (κ3) is 4.77. The zero-order valence-electron chi connectivity index (χ0n) is 14.0. The quantitative estimate of drug-likeness (QED) is 0.651. The summed E-state index contributed by atoms with van der Waals surface area (Å²) in [7, 11) is 0. The maximum atomic E-state index is 12.6. The highest BCUT2D eigenvalue weighted by molar-refractivity contribution is 7.11. The van der Waals surface area contributed by atoms with Crippen molar-refractivity contribution in [1.29, 1.82) is 0 Å². The smallest absolute Gasteiger partial charge is 0.349 e. The van der Waals surface area contributed by atoms with Gasteiger partial charge in [0, 0.05) is 24.5 Å². The van der Waals surface area contributed by atoms with Crippen LogP contribution >= 0.6 is 11.3 Å². The number of nitrogens with zero attached hydrogens (tertiary/aromatic N) is 1. The molecule has 0 saturated heterocycles. The van der Waals surface area contributed by atoms with Gasteiger partial charge >= 0.3 is 5.97 Å². The van der Waals surface area contributed by atoms with Crippen molar-refractivity contribution in [2.45, 2.75) is 12.5 Å². The molecule has 2 aromatic heterocycles. The molecule has 0 spiro atoms. The molecule has 5 nitrogen and oxygen atoms in total. The first-order valence-corrected chi connectivity index (χ1v) is 9.08. The van der Waals surface area contributed by atoms with E-state index in [0.29, 0.717) is 23.4 Å².